The molecule has 8 aromatic rings. The molecule has 7 nitrogen and oxygen atoms in total. The number of fused-ring (bicyclic) bond motifs is 6. The van der Waals surface area contributed by atoms with E-state index in [0.717, 1.165) is 60.5 Å². The van der Waals surface area contributed by atoms with Gasteiger partial charge in [0, 0.05) is 27.5 Å². The van der Waals surface area contributed by atoms with E-state index in [4.69, 9.17) is 20.4 Å². The molecule has 48 heavy (non-hydrogen) atoms. The lowest BCUT2D eigenvalue weighted by molar-refractivity contribution is 0.953. The van der Waals surface area contributed by atoms with Crippen LogP contribution in [0.4, 0.5) is 5.69 Å². The SMILES string of the molecule is N=C1/C(=N\Nc2ccccc2)C=Cc2ccc3cc(-c4nc(-c5ccccc5)nc(-n5c6ccccc6c6ccccc65)n4)ccc3c21. The lowest BCUT2D eigenvalue weighted by Gasteiger charge is -2.17. The predicted octanol–water partition coefficient (Wildman–Crippen LogP) is 9.32. The van der Waals surface area contributed by atoms with E-state index >= 15 is 0 Å². The van der Waals surface area contributed by atoms with Gasteiger partial charge >= 0.3 is 0 Å². The summed E-state index contributed by atoms with van der Waals surface area (Å²) < 4.78 is 2.12. The number of nitrogens with one attached hydrogen (secondary N) is 2. The van der Waals surface area contributed by atoms with Crippen molar-refractivity contribution in [3.63, 3.8) is 0 Å². The van der Waals surface area contributed by atoms with Crippen molar-refractivity contribution in [1.82, 2.24) is 19.5 Å². The standard InChI is InChI=1S/C41H27N7/c42-38-34(47-46-30-13-5-2-6-14-30)24-22-26-19-20-28-25-29(21-23-31(28)37(26)38)40-43-39(27-11-3-1-4-12-27)44-41(45-40)48-35-17-9-7-15-32(35)33-16-8-10-18-36(33)48/h1-25,42,46H/b42-38?,47-34-. The zero-order chi connectivity index (χ0) is 32.0. The second-order valence-electron chi connectivity index (χ2n) is 11.7. The third-order valence-corrected chi connectivity index (χ3v) is 8.75. The number of hydrogen-bond acceptors (Lipinski definition) is 6. The molecule has 0 bridgehead atoms. The highest BCUT2D eigenvalue weighted by atomic mass is 15.3. The van der Waals surface area contributed by atoms with Gasteiger partial charge in [-0.15, -0.1) is 0 Å². The maximum atomic E-state index is 9.10. The molecule has 2 heterocycles. The number of hydrazone groups is 1. The van der Waals surface area contributed by atoms with Gasteiger partial charge in [0.2, 0.25) is 5.95 Å². The van der Waals surface area contributed by atoms with E-state index in [1.54, 1.807) is 0 Å². The summed E-state index contributed by atoms with van der Waals surface area (Å²) in [6.45, 7) is 0. The molecule has 2 N–H and O–H groups in total. The molecule has 2 aromatic heterocycles. The lowest BCUT2D eigenvalue weighted by atomic mass is 9.89. The van der Waals surface area contributed by atoms with Gasteiger partial charge in [-0.3, -0.25) is 15.4 Å². The Morgan fingerprint density at radius 2 is 1.21 bits per heavy atom. The summed E-state index contributed by atoms with van der Waals surface area (Å²) in [5.41, 5.74) is 10.6. The minimum Gasteiger partial charge on any atom is -0.298 e. The van der Waals surface area contributed by atoms with Gasteiger partial charge in [0.1, 0.15) is 5.71 Å². The van der Waals surface area contributed by atoms with Crippen LogP contribution in [0.1, 0.15) is 11.1 Å². The van der Waals surface area contributed by atoms with Crippen molar-refractivity contribution in [1.29, 1.82) is 5.41 Å². The van der Waals surface area contributed by atoms with Crippen molar-refractivity contribution < 1.29 is 0 Å². The van der Waals surface area contributed by atoms with Crippen LogP contribution in [0.15, 0.2) is 151 Å². The van der Waals surface area contributed by atoms with E-state index in [1.165, 1.54) is 0 Å². The van der Waals surface area contributed by atoms with E-state index < -0.39 is 0 Å². The predicted molar refractivity (Wildman–Crippen MR) is 196 cm³/mol. The molecular weight excluding hydrogens is 591 g/mol. The largest absolute Gasteiger partial charge is 0.298 e. The van der Waals surface area contributed by atoms with Crippen molar-refractivity contribution in [3.8, 4) is 28.7 Å². The normalized spacial score (nSPS) is 13.4. The molecular formula is C41H27N7. The van der Waals surface area contributed by atoms with Gasteiger partial charge in [-0.1, -0.05) is 115 Å². The molecule has 0 fully saturated rings. The zero-order valence-corrected chi connectivity index (χ0v) is 25.7. The molecule has 0 saturated heterocycles. The molecule has 0 unspecified atom stereocenters. The summed E-state index contributed by atoms with van der Waals surface area (Å²) in [5, 5.41) is 17.9. The quantitative estimate of drug-likeness (QED) is 0.188. The molecule has 0 spiro atoms. The molecule has 0 aliphatic heterocycles. The molecule has 9 rings (SSSR count). The maximum absolute atomic E-state index is 9.10. The molecule has 1 aliphatic rings. The van der Waals surface area contributed by atoms with Crippen LogP contribution in [0.5, 0.6) is 0 Å². The molecule has 0 saturated carbocycles. The first-order chi connectivity index (χ1) is 23.7. The number of nitrogens with zero attached hydrogens (tertiary/aromatic N) is 5. The number of benzene rings is 6. The van der Waals surface area contributed by atoms with Crippen molar-refractivity contribution in [3.05, 3.63) is 157 Å². The molecule has 6 aromatic carbocycles. The molecule has 0 radical (unpaired) electrons. The molecule has 1 aliphatic carbocycles. The summed E-state index contributed by atoms with van der Waals surface area (Å²) >= 11 is 0. The second kappa shape index (κ2) is 11.3. The van der Waals surface area contributed by atoms with E-state index in [2.05, 4.69) is 75.8 Å². The van der Waals surface area contributed by atoms with E-state index in [-0.39, 0.29) is 0 Å². The molecule has 0 atom stereocenters. The Balaban J connectivity index is 1.18. The Hall–Kier alpha value is -6.73. The third kappa shape index (κ3) is 4.65. The van der Waals surface area contributed by atoms with Crippen LogP contribution in [-0.4, -0.2) is 30.9 Å². The first kappa shape index (κ1) is 27.6. The number of hydrogen-bond donors (Lipinski definition) is 2. The van der Waals surface area contributed by atoms with E-state index in [9.17, 15) is 0 Å². The van der Waals surface area contributed by atoms with Crippen LogP contribution in [0.3, 0.4) is 0 Å². The van der Waals surface area contributed by atoms with E-state index in [0.29, 0.717) is 29.0 Å². The average molecular weight is 618 g/mol. The van der Waals surface area contributed by atoms with Crippen LogP contribution < -0.4 is 5.43 Å². The Morgan fingerprint density at radius 1 is 0.562 bits per heavy atom. The number of anilines is 1. The van der Waals surface area contributed by atoms with Crippen LogP contribution in [0.2, 0.25) is 0 Å². The molecule has 7 heteroatoms. The van der Waals surface area contributed by atoms with Crippen LogP contribution in [0.25, 0.3) is 67.4 Å². The minimum atomic E-state index is 0.370. The number of allylic oxidation sites excluding steroid dienone is 1. The van der Waals surface area contributed by atoms with Crippen molar-refractivity contribution in [2.45, 2.75) is 0 Å². The lowest BCUT2D eigenvalue weighted by Crippen LogP contribution is -2.18. The highest BCUT2D eigenvalue weighted by Crippen LogP contribution is 2.34. The number of aromatic nitrogens is 4. The van der Waals surface area contributed by atoms with Gasteiger partial charge in [0.15, 0.2) is 11.6 Å². The Bertz CT molecular complexity index is 2550. The highest BCUT2D eigenvalue weighted by molar-refractivity contribution is 6.55. The summed E-state index contributed by atoms with van der Waals surface area (Å²) in [6.07, 6.45) is 3.90. The number of para-hydroxylation sites is 3. The fraction of sp³-hybridized carbons (Fsp3) is 0. The van der Waals surface area contributed by atoms with Crippen LogP contribution in [0, 0.1) is 5.41 Å². The first-order valence-electron chi connectivity index (χ1n) is 15.7. The summed E-state index contributed by atoms with van der Waals surface area (Å²) in [4.78, 5) is 15.1. The van der Waals surface area contributed by atoms with Crippen molar-refractivity contribution in [2.24, 2.45) is 5.10 Å². The molecule has 226 valence electrons. The fourth-order valence-corrected chi connectivity index (χ4v) is 6.46. The first-order valence-corrected chi connectivity index (χ1v) is 15.7. The number of rotatable bonds is 5. The monoisotopic (exact) mass is 617 g/mol. The zero-order valence-electron chi connectivity index (χ0n) is 25.7. The van der Waals surface area contributed by atoms with Crippen molar-refractivity contribution in [2.75, 3.05) is 5.43 Å². The van der Waals surface area contributed by atoms with Gasteiger partial charge in [0.25, 0.3) is 0 Å². The van der Waals surface area contributed by atoms with Gasteiger partial charge in [0.05, 0.1) is 22.4 Å². The van der Waals surface area contributed by atoms with Gasteiger partial charge in [-0.05, 0) is 52.7 Å². The fourth-order valence-electron chi connectivity index (χ4n) is 6.46. The summed E-state index contributed by atoms with van der Waals surface area (Å²) in [6, 6.07) is 46.8. The third-order valence-electron chi connectivity index (χ3n) is 8.75. The Labute approximate surface area is 276 Å². The minimum absolute atomic E-state index is 0.370. The second-order valence-corrected chi connectivity index (χ2v) is 11.7. The van der Waals surface area contributed by atoms with E-state index in [1.807, 2.05) is 91.0 Å². The van der Waals surface area contributed by atoms with Gasteiger partial charge in [-0.2, -0.15) is 15.1 Å². The smallest absolute Gasteiger partial charge is 0.238 e. The Kier molecular flexibility index (Phi) is 6.47. The summed E-state index contributed by atoms with van der Waals surface area (Å²) in [5.74, 6) is 1.73. The van der Waals surface area contributed by atoms with Gasteiger partial charge < -0.3 is 0 Å². The molecule has 0 amide bonds. The van der Waals surface area contributed by atoms with Crippen molar-refractivity contribution >= 4 is 55.8 Å². The van der Waals surface area contributed by atoms with Crippen LogP contribution >= 0.6 is 0 Å². The maximum Gasteiger partial charge on any atom is 0.238 e. The topological polar surface area (TPSA) is 91.8 Å². The van der Waals surface area contributed by atoms with Gasteiger partial charge in [-0.25, -0.2) is 4.98 Å². The summed E-state index contributed by atoms with van der Waals surface area (Å²) in [7, 11) is 0. The van der Waals surface area contributed by atoms with Crippen LogP contribution in [-0.2, 0) is 0 Å². The highest BCUT2D eigenvalue weighted by Gasteiger charge is 2.21. The average Bonchev–Trinajstić information content (AvgIpc) is 3.49. The Morgan fingerprint density at radius 3 is 1.94 bits per heavy atom.